The third-order valence-corrected chi connectivity index (χ3v) is 2.50. The Hall–Kier alpha value is -1.85. The van der Waals surface area contributed by atoms with Crippen molar-refractivity contribution in [2.45, 2.75) is 26.4 Å². The molecule has 0 unspecified atom stereocenters. The molecule has 2 aromatic rings. The van der Waals surface area contributed by atoms with E-state index in [0.717, 1.165) is 18.8 Å². The second kappa shape index (κ2) is 4.34. The molecule has 0 aliphatic carbocycles. The average molecular weight is 221 g/mol. The Morgan fingerprint density at radius 2 is 2.06 bits per heavy atom. The van der Waals surface area contributed by atoms with Crippen molar-refractivity contribution in [1.82, 2.24) is 23.9 Å². The van der Waals surface area contributed by atoms with Crippen molar-refractivity contribution in [3.05, 3.63) is 35.0 Å². The number of hydrogen-bond acceptors (Lipinski definition) is 3. The van der Waals surface area contributed by atoms with Gasteiger partial charge in [-0.05, 0) is 6.42 Å². The minimum absolute atomic E-state index is 0.00449. The van der Waals surface area contributed by atoms with Crippen LogP contribution in [0, 0.1) is 0 Å². The number of aromatic nitrogens is 5. The highest BCUT2D eigenvalue weighted by atomic mass is 16.1. The van der Waals surface area contributed by atoms with Crippen molar-refractivity contribution < 1.29 is 0 Å². The molecule has 0 N–H and O–H groups in total. The zero-order valence-corrected chi connectivity index (χ0v) is 9.50. The van der Waals surface area contributed by atoms with E-state index in [2.05, 4.69) is 10.1 Å². The summed E-state index contributed by atoms with van der Waals surface area (Å²) >= 11 is 0. The summed E-state index contributed by atoms with van der Waals surface area (Å²) in [6.45, 7) is 3.27. The van der Waals surface area contributed by atoms with Gasteiger partial charge in [0.2, 0.25) is 0 Å². The first-order valence-corrected chi connectivity index (χ1v) is 5.31. The van der Waals surface area contributed by atoms with Crippen LogP contribution < -0.4 is 5.69 Å². The molecule has 0 bridgehead atoms. The molecule has 6 nitrogen and oxygen atoms in total. The van der Waals surface area contributed by atoms with Gasteiger partial charge in [0.1, 0.15) is 12.2 Å². The van der Waals surface area contributed by atoms with Crippen molar-refractivity contribution in [2.24, 2.45) is 7.05 Å². The van der Waals surface area contributed by atoms with E-state index in [1.165, 1.54) is 6.33 Å². The van der Waals surface area contributed by atoms with Gasteiger partial charge >= 0.3 is 5.69 Å². The summed E-state index contributed by atoms with van der Waals surface area (Å²) < 4.78 is 5.01. The summed E-state index contributed by atoms with van der Waals surface area (Å²) in [6, 6.07) is 0. The van der Waals surface area contributed by atoms with E-state index in [1.54, 1.807) is 20.0 Å². The first-order valence-electron chi connectivity index (χ1n) is 5.31. The van der Waals surface area contributed by atoms with Gasteiger partial charge in [-0.3, -0.25) is 13.8 Å². The molecule has 0 atom stereocenters. The molecular weight excluding hydrogens is 206 g/mol. The maximum Gasteiger partial charge on any atom is 0.328 e. The molecular formula is C10H15N5O. The van der Waals surface area contributed by atoms with Crippen LogP contribution in [0.15, 0.2) is 23.5 Å². The molecule has 2 aromatic heterocycles. The van der Waals surface area contributed by atoms with Gasteiger partial charge in [-0.25, -0.2) is 9.78 Å². The smallest absolute Gasteiger partial charge is 0.299 e. The van der Waals surface area contributed by atoms with E-state index in [1.807, 2.05) is 20.2 Å². The lowest BCUT2D eigenvalue weighted by atomic mass is 10.5. The fourth-order valence-electron chi connectivity index (χ4n) is 1.60. The van der Waals surface area contributed by atoms with Crippen LogP contribution in [0.25, 0.3) is 0 Å². The van der Waals surface area contributed by atoms with Crippen LogP contribution in [0.3, 0.4) is 0 Å². The highest BCUT2D eigenvalue weighted by molar-refractivity contribution is 4.90. The van der Waals surface area contributed by atoms with E-state index in [4.69, 9.17) is 0 Å². The third-order valence-electron chi connectivity index (χ3n) is 2.50. The quantitative estimate of drug-likeness (QED) is 0.743. The number of nitrogens with zero attached hydrogens (tertiary/aromatic N) is 5. The molecule has 0 spiro atoms. The molecule has 0 amide bonds. The van der Waals surface area contributed by atoms with Crippen molar-refractivity contribution in [2.75, 3.05) is 0 Å². The zero-order chi connectivity index (χ0) is 11.5. The zero-order valence-electron chi connectivity index (χ0n) is 9.50. The van der Waals surface area contributed by atoms with Crippen LogP contribution in [0.1, 0.15) is 19.2 Å². The van der Waals surface area contributed by atoms with E-state index < -0.39 is 0 Å². The van der Waals surface area contributed by atoms with Gasteiger partial charge in [-0.2, -0.15) is 5.10 Å². The molecule has 0 saturated heterocycles. The Morgan fingerprint density at radius 3 is 2.69 bits per heavy atom. The lowest BCUT2D eigenvalue weighted by molar-refractivity contribution is 0.599. The summed E-state index contributed by atoms with van der Waals surface area (Å²) in [6.07, 6.45) is 6.03. The first kappa shape index (κ1) is 10.7. The highest BCUT2D eigenvalue weighted by Crippen LogP contribution is 1.95. The maximum absolute atomic E-state index is 11.9. The Bertz CT molecular complexity index is 521. The van der Waals surface area contributed by atoms with Gasteiger partial charge in [0, 0.05) is 26.0 Å². The largest absolute Gasteiger partial charge is 0.328 e. The number of hydrogen-bond donors (Lipinski definition) is 0. The van der Waals surface area contributed by atoms with Gasteiger partial charge < -0.3 is 0 Å². The van der Waals surface area contributed by atoms with Crippen LogP contribution in [0.4, 0.5) is 0 Å². The van der Waals surface area contributed by atoms with E-state index in [0.29, 0.717) is 6.54 Å². The lowest BCUT2D eigenvalue weighted by Gasteiger charge is -2.01. The van der Waals surface area contributed by atoms with E-state index in [9.17, 15) is 4.79 Å². The summed E-state index contributed by atoms with van der Waals surface area (Å²) in [5.74, 6) is 0.774. The topological polar surface area (TPSA) is 57.6 Å². The second-order valence-corrected chi connectivity index (χ2v) is 3.70. The van der Waals surface area contributed by atoms with Gasteiger partial charge in [0.05, 0.1) is 6.54 Å². The van der Waals surface area contributed by atoms with Gasteiger partial charge in [0.15, 0.2) is 0 Å². The molecule has 0 aromatic carbocycles. The van der Waals surface area contributed by atoms with Gasteiger partial charge in [-0.15, -0.1) is 0 Å². The molecule has 6 heteroatoms. The predicted octanol–water partition coefficient (Wildman–Crippen LogP) is 0.237. The lowest BCUT2D eigenvalue weighted by Crippen LogP contribution is -2.25. The average Bonchev–Trinajstić information content (AvgIpc) is 2.80. The Morgan fingerprint density at radius 1 is 1.31 bits per heavy atom. The van der Waals surface area contributed by atoms with E-state index in [-0.39, 0.29) is 5.69 Å². The summed E-state index contributed by atoms with van der Waals surface area (Å²) in [7, 11) is 1.82. The van der Waals surface area contributed by atoms with E-state index >= 15 is 0 Å². The monoisotopic (exact) mass is 221 g/mol. The minimum Gasteiger partial charge on any atom is -0.299 e. The maximum atomic E-state index is 11.9. The standard InChI is InChI=1S/C10H15N5O/c1-3-4-14-5-6-15(10(14)16)7-9-11-8-12-13(9)2/h5-6,8H,3-4,7H2,1-2H3. The second-order valence-electron chi connectivity index (χ2n) is 3.70. The third kappa shape index (κ3) is 1.91. The van der Waals surface area contributed by atoms with Crippen LogP contribution >= 0.6 is 0 Å². The van der Waals surface area contributed by atoms with Crippen molar-refractivity contribution in [3.8, 4) is 0 Å². The Labute approximate surface area is 93.2 Å². The first-order chi connectivity index (χ1) is 7.72. The fraction of sp³-hybridized carbons (Fsp3) is 0.500. The molecule has 0 aliphatic rings. The molecule has 0 radical (unpaired) electrons. The number of aryl methyl sites for hydroxylation is 2. The fourth-order valence-corrected chi connectivity index (χ4v) is 1.60. The van der Waals surface area contributed by atoms with Gasteiger partial charge in [0.25, 0.3) is 0 Å². The van der Waals surface area contributed by atoms with Crippen molar-refractivity contribution in [1.29, 1.82) is 0 Å². The molecule has 0 fully saturated rings. The summed E-state index contributed by atoms with van der Waals surface area (Å²) in [4.78, 5) is 16.0. The normalized spacial score (nSPS) is 10.9. The van der Waals surface area contributed by atoms with Crippen LogP contribution in [-0.4, -0.2) is 23.9 Å². The molecule has 0 saturated carbocycles. The van der Waals surface area contributed by atoms with Crippen LogP contribution in [0.2, 0.25) is 0 Å². The van der Waals surface area contributed by atoms with Crippen molar-refractivity contribution >= 4 is 0 Å². The molecule has 2 heterocycles. The Balaban J connectivity index is 2.23. The van der Waals surface area contributed by atoms with Crippen LogP contribution in [-0.2, 0) is 20.1 Å². The molecule has 86 valence electrons. The SMILES string of the molecule is CCCn1ccn(Cc2ncnn2C)c1=O. The van der Waals surface area contributed by atoms with Gasteiger partial charge in [-0.1, -0.05) is 6.92 Å². The number of imidazole rings is 1. The predicted molar refractivity (Wildman–Crippen MR) is 59.1 cm³/mol. The highest BCUT2D eigenvalue weighted by Gasteiger charge is 2.06. The van der Waals surface area contributed by atoms with Crippen LogP contribution in [0.5, 0.6) is 0 Å². The van der Waals surface area contributed by atoms with Crippen molar-refractivity contribution in [3.63, 3.8) is 0 Å². The number of rotatable bonds is 4. The molecule has 16 heavy (non-hydrogen) atoms. The summed E-state index contributed by atoms with van der Waals surface area (Å²) in [5, 5.41) is 3.97. The summed E-state index contributed by atoms with van der Waals surface area (Å²) in [5.41, 5.74) is 0.00449. The molecule has 0 aliphatic heterocycles. The Kier molecular flexibility index (Phi) is 2.89. The molecule has 2 rings (SSSR count). The minimum atomic E-state index is 0.00449.